The maximum absolute atomic E-state index is 12.2. The van der Waals surface area contributed by atoms with E-state index < -0.39 is 24.5 Å². The molecule has 23 heavy (non-hydrogen) atoms. The summed E-state index contributed by atoms with van der Waals surface area (Å²) in [6.07, 6.45) is 0. The molecule has 0 atom stereocenters. The zero-order chi connectivity index (χ0) is 16.6. The predicted octanol–water partition coefficient (Wildman–Crippen LogP) is 2.71. The second-order valence-corrected chi connectivity index (χ2v) is 5.44. The third-order valence-corrected chi connectivity index (χ3v) is 3.95. The smallest absolute Gasteiger partial charge is 0.339 e. The van der Waals surface area contributed by atoms with Gasteiger partial charge in [-0.05, 0) is 49.2 Å². The van der Waals surface area contributed by atoms with Crippen LogP contribution in [0.25, 0.3) is 0 Å². The van der Waals surface area contributed by atoms with Crippen molar-refractivity contribution in [1.82, 2.24) is 4.90 Å². The quantitative estimate of drug-likeness (QED) is 0.646. The van der Waals surface area contributed by atoms with Gasteiger partial charge < -0.3 is 4.74 Å². The molecule has 1 aliphatic heterocycles. The molecule has 116 valence electrons. The van der Waals surface area contributed by atoms with Crippen LogP contribution in [-0.2, 0) is 4.74 Å². The number of imide groups is 1. The summed E-state index contributed by atoms with van der Waals surface area (Å²) in [6.45, 7) is 3.46. The van der Waals surface area contributed by atoms with E-state index in [1.54, 1.807) is 36.4 Å². The first-order valence-corrected chi connectivity index (χ1v) is 7.18. The Bertz CT molecular complexity index is 791. The normalized spacial score (nSPS) is 13.2. The maximum atomic E-state index is 12.2. The molecule has 5 nitrogen and oxygen atoms in total. The van der Waals surface area contributed by atoms with Gasteiger partial charge in [-0.2, -0.15) is 0 Å². The second kappa shape index (κ2) is 5.68. The standard InChI is InChI=1S/C18H15NO4/c1-11-7-8-13(9-12(11)2)18(22)23-10-19-16(20)14-5-3-4-6-15(14)17(19)21/h3-9H,10H2,1-2H3. The predicted molar refractivity (Wildman–Crippen MR) is 83.1 cm³/mol. The maximum Gasteiger partial charge on any atom is 0.339 e. The summed E-state index contributed by atoms with van der Waals surface area (Å²) in [7, 11) is 0. The van der Waals surface area contributed by atoms with E-state index in [0.717, 1.165) is 16.0 Å². The minimum absolute atomic E-state index is 0.333. The van der Waals surface area contributed by atoms with E-state index in [-0.39, 0.29) is 0 Å². The summed E-state index contributed by atoms with van der Waals surface area (Å²) in [5, 5.41) is 0. The van der Waals surface area contributed by atoms with Crippen LogP contribution in [0.4, 0.5) is 0 Å². The van der Waals surface area contributed by atoms with Gasteiger partial charge in [0.25, 0.3) is 11.8 Å². The minimum atomic E-state index is -0.565. The Morgan fingerprint density at radius 2 is 1.57 bits per heavy atom. The number of hydrogen-bond acceptors (Lipinski definition) is 4. The van der Waals surface area contributed by atoms with Gasteiger partial charge in [0.05, 0.1) is 16.7 Å². The summed E-state index contributed by atoms with van der Waals surface area (Å²) in [4.78, 5) is 37.4. The molecule has 3 rings (SSSR count). The van der Waals surface area contributed by atoms with Crippen molar-refractivity contribution in [2.75, 3.05) is 6.73 Å². The second-order valence-electron chi connectivity index (χ2n) is 5.44. The Labute approximate surface area is 133 Å². The van der Waals surface area contributed by atoms with Crippen molar-refractivity contribution in [3.63, 3.8) is 0 Å². The number of carbonyl (C=O) groups excluding carboxylic acids is 3. The van der Waals surface area contributed by atoms with Crippen LogP contribution in [0.5, 0.6) is 0 Å². The van der Waals surface area contributed by atoms with Crippen LogP contribution in [-0.4, -0.2) is 29.4 Å². The Morgan fingerprint density at radius 1 is 0.957 bits per heavy atom. The van der Waals surface area contributed by atoms with Crippen molar-refractivity contribution < 1.29 is 19.1 Å². The van der Waals surface area contributed by atoms with Gasteiger partial charge in [0.2, 0.25) is 0 Å². The number of esters is 1. The summed E-state index contributed by atoms with van der Waals surface area (Å²) in [6, 6.07) is 11.8. The molecule has 5 heteroatoms. The fraction of sp³-hybridized carbons (Fsp3) is 0.167. The number of ether oxygens (including phenoxy) is 1. The minimum Gasteiger partial charge on any atom is -0.440 e. The molecule has 2 amide bonds. The Hall–Kier alpha value is -2.95. The van der Waals surface area contributed by atoms with Crippen LogP contribution in [0, 0.1) is 13.8 Å². The molecule has 0 saturated heterocycles. The first kappa shape index (κ1) is 15.0. The number of carbonyl (C=O) groups is 3. The fourth-order valence-electron chi connectivity index (χ4n) is 2.43. The van der Waals surface area contributed by atoms with E-state index in [1.165, 1.54) is 0 Å². The monoisotopic (exact) mass is 309 g/mol. The van der Waals surface area contributed by atoms with Gasteiger partial charge >= 0.3 is 5.97 Å². The lowest BCUT2D eigenvalue weighted by molar-refractivity contribution is 0.0228. The lowest BCUT2D eigenvalue weighted by Crippen LogP contribution is -2.33. The Balaban J connectivity index is 1.72. The molecule has 0 unspecified atom stereocenters. The molecule has 1 heterocycles. The van der Waals surface area contributed by atoms with Gasteiger partial charge in [0.1, 0.15) is 0 Å². The van der Waals surface area contributed by atoms with Gasteiger partial charge in [0.15, 0.2) is 6.73 Å². The van der Waals surface area contributed by atoms with Crippen LogP contribution >= 0.6 is 0 Å². The highest BCUT2D eigenvalue weighted by molar-refractivity contribution is 6.21. The van der Waals surface area contributed by atoms with Gasteiger partial charge in [-0.25, -0.2) is 9.69 Å². The lowest BCUT2D eigenvalue weighted by atomic mass is 10.1. The molecular weight excluding hydrogens is 294 g/mol. The first-order chi connectivity index (χ1) is 11.0. The van der Waals surface area contributed by atoms with Crippen molar-refractivity contribution >= 4 is 17.8 Å². The molecule has 2 aromatic rings. The van der Waals surface area contributed by atoms with E-state index in [9.17, 15) is 14.4 Å². The lowest BCUT2D eigenvalue weighted by Gasteiger charge is -2.14. The summed E-state index contributed by atoms with van der Waals surface area (Å²) in [5.41, 5.74) is 3.10. The number of nitrogens with zero attached hydrogens (tertiary/aromatic N) is 1. The van der Waals surface area contributed by atoms with Crippen molar-refractivity contribution in [2.45, 2.75) is 13.8 Å². The van der Waals surface area contributed by atoms with E-state index in [4.69, 9.17) is 4.74 Å². The summed E-state index contributed by atoms with van der Waals surface area (Å²) in [5.74, 6) is -1.46. The van der Waals surface area contributed by atoms with Crippen molar-refractivity contribution in [3.8, 4) is 0 Å². The summed E-state index contributed by atoms with van der Waals surface area (Å²) < 4.78 is 5.12. The molecule has 0 N–H and O–H groups in total. The largest absolute Gasteiger partial charge is 0.440 e. The average molecular weight is 309 g/mol. The van der Waals surface area contributed by atoms with Gasteiger partial charge in [-0.1, -0.05) is 18.2 Å². The number of fused-ring (bicyclic) bond motifs is 1. The zero-order valence-corrected chi connectivity index (χ0v) is 12.8. The Kier molecular flexibility index (Phi) is 3.70. The molecular formula is C18H15NO4. The number of hydrogen-bond donors (Lipinski definition) is 0. The molecule has 0 saturated carbocycles. The highest BCUT2D eigenvalue weighted by Gasteiger charge is 2.35. The molecule has 0 fully saturated rings. The summed E-state index contributed by atoms with van der Waals surface area (Å²) >= 11 is 0. The molecule has 0 aromatic heterocycles. The molecule has 0 bridgehead atoms. The number of rotatable bonds is 3. The van der Waals surface area contributed by atoms with Crippen LogP contribution < -0.4 is 0 Å². The number of amides is 2. The van der Waals surface area contributed by atoms with Crippen LogP contribution in [0.1, 0.15) is 42.2 Å². The van der Waals surface area contributed by atoms with E-state index in [2.05, 4.69) is 0 Å². The SMILES string of the molecule is Cc1ccc(C(=O)OCN2C(=O)c3ccccc3C2=O)cc1C. The van der Waals surface area contributed by atoms with Crippen LogP contribution in [0.15, 0.2) is 42.5 Å². The first-order valence-electron chi connectivity index (χ1n) is 7.18. The van der Waals surface area contributed by atoms with Gasteiger partial charge in [-0.15, -0.1) is 0 Å². The van der Waals surface area contributed by atoms with Crippen molar-refractivity contribution in [2.24, 2.45) is 0 Å². The van der Waals surface area contributed by atoms with E-state index >= 15 is 0 Å². The fourth-order valence-corrected chi connectivity index (χ4v) is 2.43. The molecule has 0 radical (unpaired) electrons. The number of aryl methyl sites for hydroxylation is 2. The Morgan fingerprint density at radius 3 is 2.13 bits per heavy atom. The molecule has 0 aliphatic carbocycles. The molecule has 0 spiro atoms. The highest BCUT2D eigenvalue weighted by Crippen LogP contribution is 2.22. The van der Waals surface area contributed by atoms with E-state index in [0.29, 0.717) is 16.7 Å². The van der Waals surface area contributed by atoms with Gasteiger partial charge in [0, 0.05) is 0 Å². The van der Waals surface area contributed by atoms with Crippen molar-refractivity contribution in [3.05, 3.63) is 70.3 Å². The van der Waals surface area contributed by atoms with Crippen LogP contribution in [0.3, 0.4) is 0 Å². The topological polar surface area (TPSA) is 63.7 Å². The zero-order valence-electron chi connectivity index (χ0n) is 12.8. The van der Waals surface area contributed by atoms with Crippen LogP contribution in [0.2, 0.25) is 0 Å². The third kappa shape index (κ3) is 2.61. The third-order valence-electron chi connectivity index (χ3n) is 3.95. The average Bonchev–Trinajstić information content (AvgIpc) is 2.80. The highest BCUT2D eigenvalue weighted by atomic mass is 16.5. The van der Waals surface area contributed by atoms with E-state index in [1.807, 2.05) is 19.9 Å². The molecule has 1 aliphatic rings. The molecule has 2 aromatic carbocycles. The van der Waals surface area contributed by atoms with Crippen molar-refractivity contribution in [1.29, 1.82) is 0 Å². The van der Waals surface area contributed by atoms with Gasteiger partial charge in [-0.3, -0.25) is 9.59 Å². The number of benzene rings is 2.